The van der Waals surface area contributed by atoms with Gasteiger partial charge in [0.15, 0.2) is 11.5 Å². The summed E-state index contributed by atoms with van der Waals surface area (Å²) in [6.45, 7) is 1.75. The molecule has 1 atom stereocenters. The van der Waals surface area contributed by atoms with E-state index in [1.54, 1.807) is 56.7 Å². The molecule has 1 N–H and O–H groups in total. The van der Waals surface area contributed by atoms with E-state index in [9.17, 15) is 17.6 Å². The third-order valence-corrected chi connectivity index (χ3v) is 7.46. The number of anilines is 1. The van der Waals surface area contributed by atoms with Crippen LogP contribution in [0, 0.1) is 5.82 Å². The first-order valence-electron chi connectivity index (χ1n) is 11.1. The minimum atomic E-state index is -3.97. The van der Waals surface area contributed by atoms with E-state index in [1.807, 2.05) is 13.0 Å². The molecule has 8 nitrogen and oxygen atoms in total. The number of hydrogen-bond acceptors (Lipinski definition) is 5. The molecule has 0 spiro atoms. The second-order valence-electron chi connectivity index (χ2n) is 8.25. The summed E-state index contributed by atoms with van der Waals surface area (Å²) in [5.41, 5.74) is 1.77. The molecule has 0 aliphatic heterocycles. The number of amides is 1. The van der Waals surface area contributed by atoms with Gasteiger partial charge in [0, 0.05) is 19.7 Å². The van der Waals surface area contributed by atoms with E-state index in [1.165, 1.54) is 32.3 Å². The summed E-state index contributed by atoms with van der Waals surface area (Å²) in [6, 6.07) is 17.3. The van der Waals surface area contributed by atoms with Crippen molar-refractivity contribution >= 4 is 21.8 Å². The number of halogens is 1. The number of benzene rings is 3. The predicted octanol–water partition coefficient (Wildman–Crippen LogP) is 4.15. The SMILES string of the molecule is COc1ccc([C@H](C)NC(=O)c2ccc(CN(c3ccccc3F)S(=O)(=O)N(C)C)cc2)cc1OC. The molecule has 3 rings (SSSR count). The summed E-state index contributed by atoms with van der Waals surface area (Å²) in [7, 11) is 1.90. The molecule has 3 aromatic rings. The van der Waals surface area contributed by atoms with Gasteiger partial charge in [-0.25, -0.2) is 4.39 Å². The van der Waals surface area contributed by atoms with Crippen molar-refractivity contribution in [2.24, 2.45) is 0 Å². The van der Waals surface area contributed by atoms with Crippen LogP contribution < -0.4 is 19.1 Å². The van der Waals surface area contributed by atoms with Crippen LogP contribution in [0.3, 0.4) is 0 Å². The predicted molar refractivity (Wildman–Crippen MR) is 137 cm³/mol. The highest BCUT2D eigenvalue weighted by Gasteiger charge is 2.27. The van der Waals surface area contributed by atoms with E-state index in [0.717, 1.165) is 14.2 Å². The first kappa shape index (κ1) is 27.0. The molecule has 0 saturated carbocycles. The van der Waals surface area contributed by atoms with Gasteiger partial charge in [0.25, 0.3) is 5.91 Å². The number of nitrogens with one attached hydrogen (secondary N) is 1. The summed E-state index contributed by atoms with van der Waals surface area (Å²) < 4.78 is 52.9. The fraction of sp³-hybridized carbons (Fsp3) is 0.269. The van der Waals surface area contributed by atoms with Gasteiger partial charge in [-0.15, -0.1) is 0 Å². The maximum Gasteiger partial charge on any atom is 0.303 e. The molecular formula is C26H30FN3O5S. The van der Waals surface area contributed by atoms with Gasteiger partial charge in [0.05, 0.1) is 32.5 Å². The molecule has 0 aliphatic rings. The van der Waals surface area contributed by atoms with E-state index in [2.05, 4.69) is 5.32 Å². The Kier molecular flexibility index (Phi) is 8.54. The Morgan fingerprint density at radius 3 is 2.19 bits per heavy atom. The van der Waals surface area contributed by atoms with E-state index >= 15 is 0 Å². The quantitative estimate of drug-likeness (QED) is 0.438. The summed E-state index contributed by atoms with van der Waals surface area (Å²) in [5, 5.41) is 2.94. The topological polar surface area (TPSA) is 88.2 Å². The van der Waals surface area contributed by atoms with Gasteiger partial charge in [-0.05, 0) is 54.4 Å². The van der Waals surface area contributed by atoms with Crippen LogP contribution in [0.4, 0.5) is 10.1 Å². The second-order valence-corrected chi connectivity index (χ2v) is 10.3. The highest BCUT2D eigenvalue weighted by Crippen LogP contribution is 2.30. The number of ether oxygens (including phenoxy) is 2. The second kappa shape index (κ2) is 11.4. The molecule has 192 valence electrons. The Morgan fingerprint density at radius 2 is 1.61 bits per heavy atom. The Morgan fingerprint density at radius 1 is 0.972 bits per heavy atom. The van der Waals surface area contributed by atoms with Gasteiger partial charge in [-0.3, -0.25) is 9.10 Å². The van der Waals surface area contributed by atoms with Gasteiger partial charge < -0.3 is 14.8 Å². The van der Waals surface area contributed by atoms with Gasteiger partial charge in [0.2, 0.25) is 0 Å². The summed E-state index contributed by atoms with van der Waals surface area (Å²) in [6.07, 6.45) is 0. The van der Waals surface area contributed by atoms with Crippen molar-refractivity contribution < 1.29 is 27.1 Å². The Labute approximate surface area is 211 Å². The third-order valence-electron chi connectivity index (χ3n) is 5.66. The fourth-order valence-electron chi connectivity index (χ4n) is 3.55. The van der Waals surface area contributed by atoms with E-state index in [-0.39, 0.29) is 24.2 Å². The number of para-hydroxylation sites is 1. The molecule has 0 aromatic heterocycles. The van der Waals surface area contributed by atoms with Crippen molar-refractivity contribution in [3.05, 3.63) is 89.2 Å². The fourth-order valence-corrected chi connectivity index (χ4v) is 4.66. The Balaban J connectivity index is 1.77. The molecule has 0 bridgehead atoms. The molecule has 0 saturated heterocycles. The zero-order chi connectivity index (χ0) is 26.5. The molecule has 36 heavy (non-hydrogen) atoms. The number of carbonyl (C=O) groups excluding carboxylic acids is 1. The van der Waals surface area contributed by atoms with Crippen molar-refractivity contribution in [3.63, 3.8) is 0 Å². The Bertz CT molecular complexity index is 1310. The number of rotatable bonds is 10. The highest BCUT2D eigenvalue weighted by molar-refractivity contribution is 7.90. The molecular weight excluding hydrogens is 485 g/mol. The first-order chi connectivity index (χ1) is 17.1. The maximum atomic E-state index is 14.5. The van der Waals surface area contributed by atoms with Crippen LogP contribution in [-0.2, 0) is 16.8 Å². The minimum absolute atomic E-state index is 0.0586. The van der Waals surface area contributed by atoms with E-state index < -0.39 is 16.0 Å². The van der Waals surface area contributed by atoms with Crippen LogP contribution in [0.1, 0.15) is 34.5 Å². The monoisotopic (exact) mass is 515 g/mol. The van der Waals surface area contributed by atoms with Crippen molar-refractivity contribution in [1.29, 1.82) is 0 Å². The highest BCUT2D eigenvalue weighted by atomic mass is 32.2. The van der Waals surface area contributed by atoms with Crippen molar-refractivity contribution in [2.45, 2.75) is 19.5 Å². The van der Waals surface area contributed by atoms with E-state index in [0.29, 0.717) is 22.6 Å². The van der Waals surface area contributed by atoms with Gasteiger partial charge >= 0.3 is 10.2 Å². The normalized spacial score (nSPS) is 12.2. The molecule has 1 amide bonds. The zero-order valence-electron chi connectivity index (χ0n) is 20.9. The lowest BCUT2D eigenvalue weighted by Crippen LogP contribution is -2.40. The molecule has 0 aliphatic carbocycles. The maximum absolute atomic E-state index is 14.5. The number of hydrogen-bond donors (Lipinski definition) is 1. The van der Waals surface area contributed by atoms with Crippen LogP contribution in [0.2, 0.25) is 0 Å². The number of carbonyl (C=O) groups is 1. The molecule has 0 radical (unpaired) electrons. The molecule has 3 aromatic carbocycles. The molecule has 0 heterocycles. The lowest BCUT2D eigenvalue weighted by atomic mass is 10.1. The average molecular weight is 516 g/mol. The van der Waals surface area contributed by atoms with Crippen LogP contribution >= 0.6 is 0 Å². The third kappa shape index (κ3) is 5.95. The summed E-state index contributed by atoms with van der Waals surface area (Å²) in [5.74, 6) is 0.211. The average Bonchev–Trinajstić information content (AvgIpc) is 2.87. The van der Waals surface area contributed by atoms with Crippen molar-refractivity contribution in [2.75, 3.05) is 32.6 Å². The van der Waals surface area contributed by atoms with Crippen molar-refractivity contribution in [1.82, 2.24) is 9.62 Å². The Hall–Kier alpha value is -3.63. The molecule has 0 fully saturated rings. The zero-order valence-corrected chi connectivity index (χ0v) is 21.7. The molecule has 10 heteroatoms. The lowest BCUT2D eigenvalue weighted by molar-refractivity contribution is 0.0939. The smallest absolute Gasteiger partial charge is 0.303 e. The van der Waals surface area contributed by atoms with Gasteiger partial charge in [0.1, 0.15) is 5.82 Å². The standard InChI is InChI=1S/C26H30FN3O5S/c1-18(21-14-15-24(34-4)25(16-21)35-5)28-26(31)20-12-10-19(11-13-20)17-30(36(32,33)29(2)3)23-9-7-6-8-22(23)27/h6-16,18H,17H2,1-5H3,(H,28,31)/t18-/m0/s1. The summed E-state index contributed by atoms with van der Waals surface area (Å²) >= 11 is 0. The van der Waals surface area contributed by atoms with Crippen LogP contribution in [0.25, 0.3) is 0 Å². The van der Waals surface area contributed by atoms with Crippen LogP contribution in [0.5, 0.6) is 11.5 Å². The summed E-state index contributed by atoms with van der Waals surface area (Å²) in [4.78, 5) is 12.8. The van der Waals surface area contributed by atoms with Gasteiger partial charge in [-0.1, -0.05) is 30.3 Å². The largest absolute Gasteiger partial charge is 0.493 e. The molecule has 0 unspecified atom stereocenters. The lowest BCUT2D eigenvalue weighted by Gasteiger charge is -2.27. The number of nitrogens with zero attached hydrogens (tertiary/aromatic N) is 2. The van der Waals surface area contributed by atoms with Gasteiger partial charge in [-0.2, -0.15) is 12.7 Å². The minimum Gasteiger partial charge on any atom is -0.493 e. The van der Waals surface area contributed by atoms with Crippen LogP contribution in [0.15, 0.2) is 66.7 Å². The first-order valence-corrected chi connectivity index (χ1v) is 12.5. The van der Waals surface area contributed by atoms with Crippen LogP contribution in [-0.4, -0.2) is 46.9 Å². The van der Waals surface area contributed by atoms with Crippen molar-refractivity contribution in [3.8, 4) is 11.5 Å². The van der Waals surface area contributed by atoms with E-state index in [4.69, 9.17) is 9.47 Å². The number of methoxy groups -OCH3 is 2.